The number of Topliss-reactive ketones (excluding diaryl/α,β-unsaturated/α-hetero) is 1. The van der Waals surface area contributed by atoms with Crippen LogP contribution >= 0.6 is 7.82 Å². The third-order valence-electron chi connectivity index (χ3n) is 11.4. The number of carbonyl (C=O) groups is 3. The van der Waals surface area contributed by atoms with Crippen molar-refractivity contribution in [2.24, 2.45) is 11.8 Å². The van der Waals surface area contributed by atoms with Crippen molar-refractivity contribution in [3.8, 4) is 0 Å². The number of rotatable bonds is 40. The van der Waals surface area contributed by atoms with E-state index in [-0.39, 0.29) is 37.9 Å². The van der Waals surface area contributed by atoms with Gasteiger partial charge in [-0.2, -0.15) is 0 Å². The molecule has 0 spiro atoms. The summed E-state index contributed by atoms with van der Waals surface area (Å²) >= 11 is 0. The molecule has 0 saturated heterocycles. The molecule has 60 heavy (non-hydrogen) atoms. The molecule has 1 rings (SSSR count). The summed E-state index contributed by atoms with van der Waals surface area (Å²) in [5, 5.41) is 31.2. The molecular weight excluding hydrogens is 787 g/mol. The lowest BCUT2D eigenvalue weighted by Gasteiger charge is -2.20. The fraction of sp³-hybridized carbons (Fsp3) is 0.851. The van der Waals surface area contributed by atoms with E-state index in [0.717, 1.165) is 38.5 Å². The van der Waals surface area contributed by atoms with Crippen molar-refractivity contribution in [3.05, 3.63) is 24.3 Å². The summed E-state index contributed by atoms with van der Waals surface area (Å²) in [6, 6.07) is 0. The first kappa shape index (κ1) is 56.1. The molecule has 0 aromatic heterocycles. The van der Waals surface area contributed by atoms with E-state index in [1.54, 1.807) is 12.2 Å². The zero-order valence-corrected chi connectivity index (χ0v) is 38.3. The number of phosphoric ester groups is 1. The Morgan fingerprint density at radius 1 is 0.650 bits per heavy atom. The Hall–Kier alpha value is -1.92. The highest BCUT2D eigenvalue weighted by Gasteiger charge is 2.41. The molecule has 1 saturated carbocycles. The normalized spacial score (nSPS) is 19.3. The third kappa shape index (κ3) is 31.9. The second-order valence-electron chi connectivity index (χ2n) is 17.0. The van der Waals surface area contributed by atoms with Crippen molar-refractivity contribution in [1.29, 1.82) is 0 Å². The fourth-order valence-electron chi connectivity index (χ4n) is 7.78. The van der Waals surface area contributed by atoms with E-state index >= 15 is 0 Å². The van der Waals surface area contributed by atoms with Crippen LogP contribution in [0.15, 0.2) is 24.3 Å². The minimum Gasteiger partial charge on any atom is -0.462 e. The van der Waals surface area contributed by atoms with Crippen LogP contribution in [-0.2, 0) is 32.9 Å². The SMILES string of the molecule is CCCCCCCC/C=C\CCCCCCCCCCCCCC(=O)OC[C@H](COP(=O)(O)O)OC(=O)CCCCC(=O)C[C@@H]1[C@@H](/C=C/[C@@H](O)CCCCC)[C@H](O)C[C@@H]1O. The van der Waals surface area contributed by atoms with Gasteiger partial charge in [-0.05, 0) is 51.4 Å². The van der Waals surface area contributed by atoms with Crippen molar-refractivity contribution < 1.29 is 58.1 Å². The molecule has 0 radical (unpaired) electrons. The van der Waals surface area contributed by atoms with Crippen molar-refractivity contribution in [2.45, 2.75) is 231 Å². The summed E-state index contributed by atoms with van der Waals surface area (Å²) in [4.78, 5) is 56.0. The highest BCUT2D eigenvalue weighted by atomic mass is 31.2. The number of ketones is 1. The van der Waals surface area contributed by atoms with Crippen LogP contribution in [-0.4, -0.2) is 80.5 Å². The van der Waals surface area contributed by atoms with Gasteiger partial charge in [0.2, 0.25) is 0 Å². The summed E-state index contributed by atoms with van der Waals surface area (Å²) in [5.74, 6) is -2.19. The lowest BCUT2D eigenvalue weighted by atomic mass is 9.87. The van der Waals surface area contributed by atoms with Crippen molar-refractivity contribution >= 4 is 25.5 Å². The van der Waals surface area contributed by atoms with Crippen molar-refractivity contribution in [2.75, 3.05) is 13.2 Å². The van der Waals surface area contributed by atoms with Crippen LogP contribution in [0.4, 0.5) is 0 Å². The third-order valence-corrected chi connectivity index (χ3v) is 11.9. The quantitative estimate of drug-likeness (QED) is 0.0169. The number of ether oxygens (including phenoxy) is 2. The Kier molecular flexibility index (Phi) is 34.2. The molecule has 6 atom stereocenters. The van der Waals surface area contributed by atoms with Crippen LogP contribution in [0.3, 0.4) is 0 Å². The topological polar surface area (TPSA) is 197 Å². The first-order valence-corrected chi connectivity index (χ1v) is 25.3. The molecule has 350 valence electrons. The summed E-state index contributed by atoms with van der Waals surface area (Å²) in [5.41, 5.74) is 0. The molecule has 0 aliphatic heterocycles. The van der Waals surface area contributed by atoms with Crippen LogP contribution in [0.2, 0.25) is 0 Å². The summed E-state index contributed by atoms with van der Waals surface area (Å²) in [7, 11) is -4.86. The number of allylic oxidation sites excluding steroid dienone is 2. The van der Waals surface area contributed by atoms with Gasteiger partial charge in [0.05, 0.1) is 24.9 Å². The van der Waals surface area contributed by atoms with Crippen LogP contribution < -0.4 is 0 Å². The Morgan fingerprint density at radius 2 is 1.15 bits per heavy atom. The smallest absolute Gasteiger partial charge is 0.462 e. The number of aliphatic hydroxyl groups excluding tert-OH is 3. The summed E-state index contributed by atoms with van der Waals surface area (Å²) in [6.07, 6.45) is 32.4. The largest absolute Gasteiger partial charge is 0.469 e. The molecule has 13 heteroatoms. The number of aliphatic hydroxyl groups is 3. The lowest BCUT2D eigenvalue weighted by Crippen LogP contribution is -2.29. The van der Waals surface area contributed by atoms with Gasteiger partial charge in [0.25, 0.3) is 0 Å². The first-order valence-electron chi connectivity index (χ1n) is 23.8. The number of unbranched alkanes of at least 4 members (excludes halogenated alkanes) is 20. The molecule has 0 heterocycles. The van der Waals surface area contributed by atoms with E-state index in [1.807, 2.05) is 0 Å². The number of carbonyl (C=O) groups excluding carboxylic acids is 3. The van der Waals surface area contributed by atoms with E-state index in [0.29, 0.717) is 25.7 Å². The molecule has 1 fully saturated rings. The molecule has 0 amide bonds. The monoisotopic (exact) mass is 873 g/mol. The van der Waals surface area contributed by atoms with Gasteiger partial charge in [0.1, 0.15) is 12.4 Å². The zero-order chi connectivity index (χ0) is 44.3. The van der Waals surface area contributed by atoms with Gasteiger partial charge in [-0.15, -0.1) is 0 Å². The van der Waals surface area contributed by atoms with E-state index < -0.39 is 69.2 Å². The van der Waals surface area contributed by atoms with Gasteiger partial charge < -0.3 is 34.6 Å². The number of esters is 2. The number of hydrogen-bond acceptors (Lipinski definition) is 10. The maximum Gasteiger partial charge on any atom is 0.469 e. The molecule has 0 aromatic rings. The van der Waals surface area contributed by atoms with E-state index in [4.69, 9.17) is 19.3 Å². The minimum absolute atomic E-state index is 0.0644. The van der Waals surface area contributed by atoms with Crippen molar-refractivity contribution in [3.63, 3.8) is 0 Å². The average Bonchev–Trinajstić information content (AvgIpc) is 3.47. The predicted molar refractivity (Wildman–Crippen MR) is 237 cm³/mol. The zero-order valence-electron chi connectivity index (χ0n) is 37.4. The second kappa shape index (κ2) is 36.6. The molecule has 5 N–H and O–H groups in total. The van der Waals surface area contributed by atoms with Crippen LogP contribution in [0.1, 0.15) is 206 Å². The molecule has 0 bridgehead atoms. The number of hydrogen-bond donors (Lipinski definition) is 5. The fourth-order valence-corrected chi connectivity index (χ4v) is 8.14. The molecule has 1 aliphatic rings. The van der Waals surface area contributed by atoms with Crippen LogP contribution in [0, 0.1) is 11.8 Å². The van der Waals surface area contributed by atoms with Crippen molar-refractivity contribution in [1.82, 2.24) is 0 Å². The average molecular weight is 873 g/mol. The molecular formula is C47H85O12P. The van der Waals surface area contributed by atoms with Crippen LogP contribution in [0.25, 0.3) is 0 Å². The van der Waals surface area contributed by atoms with Crippen LogP contribution in [0.5, 0.6) is 0 Å². The summed E-state index contributed by atoms with van der Waals surface area (Å²) in [6.45, 7) is 3.28. The minimum atomic E-state index is -4.86. The molecule has 0 unspecified atom stereocenters. The maximum atomic E-state index is 12.8. The standard InChI is InChI=1S/C47H85O12P/c1-3-5-7-8-9-10-11-12-13-14-15-16-17-18-19-20-21-22-23-24-26-31-46(52)57-37-41(38-58-60(54,55)56)59-47(53)32-28-27-30-40(49)35-43-42(44(50)36-45(43)51)34-33-39(48)29-25-6-4-2/h12-13,33-34,39,41-45,48,50-51H,3-11,14-32,35-38H2,1-2H3,(H2,54,55,56)/b13-12-,34-33+/t39-,41+,42+,43+,44+,45-/m0/s1. The Morgan fingerprint density at radius 3 is 1.73 bits per heavy atom. The van der Waals surface area contributed by atoms with Gasteiger partial charge in [0, 0.05) is 43.9 Å². The molecule has 0 aromatic carbocycles. The highest BCUT2D eigenvalue weighted by molar-refractivity contribution is 7.46. The van der Waals surface area contributed by atoms with Gasteiger partial charge in [-0.25, -0.2) is 4.57 Å². The Labute approximate surface area is 362 Å². The molecule has 1 aliphatic carbocycles. The predicted octanol–water partition coefficient (Wildman–Crippen LogP) is 10.3. The summed E-state index contributed by atoms with van der Waals surface area (Å²) < 4.78 is 26.4. The highest BCUT2D eigenvalue weighted by Crippen LogP contribution is 2.37. The van der Waals surface area contributed by atoms with E-state index in [1.165, 1.54) is 96.3 Å². The maximum absolute atomic E-state index is 12.8. The van der Waals surface area contributed by atoms with E-state index in [2.05, 4.69) is 30.5 Å². The van der Waals surface area contributed by atoms with Gasteiger partial charge in [-0.3, -0.25) is 18.9 Å². The molecule has 12 nitrogen and oxygen atoms in total. The van der Waals surface area contributed by atoms with Gasteiger partial charge >= 0.3 is 19.8 Å². The Bertz CT molecular complexity index is 1200. The number of phosphoric acid groups is 1. The lowest BCUT2D eigenvalue weighted by molar-refractivity contribution is -0.161. The second-order valence-corrected chi connectivity index (χ2v) is 18.3. The Balaban J connectivity index is 2.22. The van der Waals surface area contributed by atoms with Gasteiger partial charge in [0.15, 0.2) is 6.10 Å². The first-order chi connectivity index (χ1) is 28.9. The van der Waals surface area contributed by atoms with Gasteiger partial charge in [-0.1, -0.05) is 147 Å². The van der Waals surface area contributed by atoms with E-state index in [9.17, 15) is 34.3 Å².